The maximum atomic E-state index is 5.30. The average Bonchev–Trinajstić information content (AvgIpc) is 2.64. The van der Waals surface area contributed by atoms with E-state index in [1.54, 1.807) is 14.2 Å². The van der Waals surface area contributed by atoms with Crippen molar-refractivity contribution in [2.45, 2.75) is 26.9 Å². The number of methoxy groups -OCH3 is 2. The summed E-state index contributed by atoms with van der Waals surface area (Å²) in [6.07, 6.45) is 0. The number of benzene rings is 2. The minimum absolute atomic E-state index is 0. The van der Waals surface area contributed by atoms with E-state index in [2.05, 4.69) is 28.6 Å². The minimum Gasteiger partial charge on any atom is -0.497 e. The molecule has 2 rings (SSSR count). The van der Waals surface area contributed by atoms with Crippen LogP contribution < -0.4 is 20.1 Å². The fourth-order valence-electron chi connectivity index (χ4n) is 2.48. The Bertz CT molecular complexity index is 703. The van der Waals surface area contributed by atoms with Gasteiger partial charge in [-0.25, -0.2) is 4.99 Å². The first kappa shape index (κ1) is 22.1. The monoisotopic (exact) mass is 469 g/mol. The summed E-state index contributed by atoms with van der Waals surface area (Å²) >= 11 is 0. The quantitative estimate of drug-likeness (QED) is 0.367. The molecule has 5 nitrogen and oxygen atoms in total. The number of halogens is 1. The molecule has 0 atom stereocenters. The fraction of sp³-hybridized carbons (Fsp3) is 0.350. The zero-order chi connectivity index (χ0) is 18.1. The van der Waals surface area contributed by atoms with Crippen LogP contribution in [0.25, 0.3) is 0 Å². The lowest BCUT2D eigenvalue weighted by atomic mass is 10.1. The van der Waals surface area contributed by atoms with Crippen LogP contribution in [0.3, 0.4) is 0 Å². The molecule has 0 amide bonds. The molecule has 0 bridgehead atoms. The van der Waals surface area contributed by atoms with Crippen LogP contribution >= 0.6 is 24.0 Å². The number of nitrogens with one attached hydrogen (secondary N) is 2. The van der Waals surface area contributed by atoms with E-state index in [1.165, 1.54) is 5.56 Å². The normalized spacial score (nSPS) is 10.7. The van der Waals surface area contributed by atoms with Crippen LogP contribution in [0.1, 0.15) is 23.6 Å². The molecule has 142 valence electrons. The molecule has 0 radical (unpaired) electrons. The second kappa shape index (κ2) is 11.6. The van der Waals surface area contributed by atoms with Gasteiger partial charge in [0, 0.05) is 13.1 Å². The Balaban J connectivity index is 0.00000338. The van der Waals surface area contributed by atoms with E-state index in [0.29, 0.717) is 13.1 Å². The van der Waals surface area contributed by atoms with Gasteiger partial charge in [-0.2, -0.15) is 0 Å². The van der Waals surface area contributed by atoms with Crippen LogP contribution in [0.4, 0.5) is 0 Å². The van der Waals surface area contributed by atoms with Crippen molar-refractivity contribution in [1.29, 1.82) is 0 Å². The molecular formula is C20H28IN3O2. The SMILES string of the molecule is CCNC(=NCc1ccc(OC)c(C)c1)NCc1ccc(OC)cc1.I. The molecule has 0 heterocycles. The van der Waals surface area contributed by atoms with E-state index < -0.39 is 0 Å². The molecule has 0 aromatic heterocycles. The van der Waals surface area contributed by atoms with E-state index in [1.807, 2.05) is 43.3 Å². The number of hydrogen-bond acceptors (Lipinski definition) is 3. The molecule has 0 aliphatic rings. The van der Waals surface area contributed by atoms with Crippen molar-refractivity contribution in [3.63, 3.8) is 0 Å². The first-order valence-corrected chi connectivity index (χ1v) is 8.45. The molecule has 0 saturated carbocycles. The highest BCUT2D eigenvalue weighted by Gasteiger charge is 2.02. The Kier molecular flexibility index (Phi) is 9.87. The highest BCUT2D eigenvalue weighted by atomic mass is 127. The number of nitrogens with zero attached hydrogens (tertiary/aromatic N) is 1. The van der Waals surface area contributed by atoms with Crippen molar-refractivity contribution < 1.29 is 9.47 Å². The first-order valence-electron chi connectivity index (χ1n) is 8.45. The Labute approximate surface area is 173 Å². The Morgan fingerprint density at radius 3 is 2.23 bits per heavy atom. The summed E-state index contributed by atoms with van der Waals surface area (Å²) < 4.78 is 10.5. The van der Waals surface area contributed by atoms with Crippen LogP contribution in [0, 0.1) is 6.92 Å². The Morgan fingerprint density at radius 1 is 0.962 bits per heavy atom. The standard InChI is InChI=1S/C20H27N3O2.HI/c1-5-21-20(22-13-16-6-9-18(24-3)10-7-16)23-14-17-8-11-19(25-4)15(2)12-17;/h6-12H,5,13-14H2,1-4H3,(H2,21,22,23);1H. The van der Waals surface area contributed by atoms with Crippen LogP contribution in [0.2, 0.25) is 0 Å². The van der Waals surface area contributed by atoms with E-state index in [4.69, 9.17) is 9.47 Å². The summed E-state index contributed by atoms with van der Waals surface area (Å²) in [5.41, 5.74) is 3.44. The van der Waals surface area contributed by atoms with Gasteiger partial charge in [-0.15, -0.1) is 24.0 Å². The number of rotatable bonds is 7. The van der Waals surface area contributed by atoms with E-state index >= 15 is 0 Å². The van der Waals surface area contributed by atoms with Crippen LogP contribution in [0.15, 0.2) is 47.5 Å². The molecule has 2 aromatic carbocycles. The second-order valence-corrected chi connectivity index (χ2v) is 5.70. The first-order chi connectivity index (χ1) is 12.2. The number of hydrogen-bond donors (Lipinski definition) is 2. The van der Waals surface area contributed by atoms with Crippen molar-refractivity contribution in [2.24, 2.45) is 4.99 Å². The van der Waals surface area contributed by atoms with Gasteiger partial charge in [0.2, 0.25) is 0 Å². The fourth-order valence-corrected chi connectivity index (χ4v) is 2.48. The molecule has 2 N–H and O–H groups in total. The summed E-state index contributed by atoms with van der Waals surface area (Å²) in [6.45, 7) is 6.23. The zero-order valence-corrected chi connectivity index (χ0v) is 18.2. The molecule has 26 heavy (non-hydrogen) atoms. The summed E-state index contributed by atoms with van der Waals surface area (Å²) in [4.78, 5) is 4.66. The van der Waals surface area contributed by atoms with Gasteiger partial charge < -0.3 is 20.1 Å². The number of aliphatic imine (C=N–C) groups is 1. The lowest BCUT2D eigenvalue weighted by molar-refractivity contribution is 0.411. The molecule has 0 saturated heterocycles. The topological polar surface area (TPSA) is 54.9 Å². The molecule has 0 aliphatic carbocycles. The van der Waals surface area contributed by atoms with E-state index in [9.17, 15) is 0 Å². The van der Waals surface area contributed by atoms with Gasteiger partial charge >= 0.3 is 0 Å². The van der Waals surface area contributed by atoms with Gasteiger partial charge in [0.05, 0.1) is 20.8 Å². The van der Waals surface area contributed by atoms with Crippen LogP contribution in [-0.2, 0) is 13.1 Å². The van der Waals surface area contributed by atoms with Crippen LogP contribution in [0.5, 0.6) is 11.5 Å². The van der Waals surface area contributed by atoms with Gasteiger partial charge in [-0.1, -0.05) is 24.3 Å². The highest BCUT2D eigenvalue weighted by Crippen LogP contribution is 2.18. The lowest BCUT2D eigenvalue weighted by Crippen LogP contribution is -2.36. The third-order valence-corrected chi connectivity index (χ3v) is 3.84. The van der Waals surface area contributed by atoms with Gasteiger partial charge in [0.25, 0.3) is 0 Å². The van der Waals surface area contributed by atoms with Crippen molar-refractivity contribution in [3.05, 3.63) is 59.2 Å². The third-order valence-electron chi connectivity index (χ3n) is 3.84. The lowest BCUT2D eigenvalue weighted by Gasteiger charge is -2.12. The molecule has 0 fully saturated rings. The molecule has 2 aromatic rings. The second-order valence-electron chi connectivity index (χ2n) is 5.70. The van der Waals surface area contributed by atoms with Crippen molar-refractivity contribution in [1.82, 2.24) is 10.6 Å². The van der Waals surface area contributed by atoms with Gasteiger partial charge in [-0.3, -0.25) is 0 Å². The predicted octanol–water partition coefficient (Wildman–Crippen LogP) is 3.89. The summed E-state index contributed by atoms with van der Waals surface area (Å²) in [6, 6.07) is 14.1. The Morgan fingerprint density at radius 2 is 1.65 bits per heavy atom. The van der Waals surface area contributed by atoms with Crippen molar-refractivity contribution in [2.75, 3.05) is 20.8 Å². The van der Waals surface area contributed by atoms with E-state index in [-0.39, 0.29) is 24.0 Å². The van der Waals surface area contributed by atoms with Gasteiger partial charge in [-0.05, 0) is 48.7 Å². The third kappa shape index (κ3) is 6.74. The molecule has 6 heteroatoms. The molecule has 0 spiro atoms. The van der Waals surface area contributed by atoms with Gasteiger partial charge in [0.1, 0.15) is 11.5 Å². The molecular weight excluding hydrogens is 441 g/mol. The Hall–Kier alpha value is -1.96. The number of aryl methyl sites for hydroxylation is 1. The van der Waals surface area contributed by atoms with Crippen molar-refractivity contribution in [3.8, 4) is 11.5 Å². The largest absolute Gasteiger partial charge is 0.497 e. The summed E-state index contributed by atoms with van der Waals surface area (Å²) in [5.74, 6) is 2.56. The highest BCUT2D eigenvalue weighted by molar-refractivity contribution is 14.0. The predicted molar refractivity (Wildman–Crippen MR) is 118 cm³/mol. The smallest absolute Gasteiger partial charge is 0.191 e. The number of ether oxygens (including phenoxy) is 2. The molecule has 0 unspecified atom stereocenters. The maximum absolute atomic E-state index is 5.30. The summed E-state index contributed by atoms with van der Waals surface area (Å²) in [7, 11) is 3.36. The van der Waals surface area contributed by atoms with Gasteiger partial charge in [0.15, 0.2) is 5.96 Å². The summed E-state index contributed by atoms with van der Waals surface area (Å²) in [5, 5.41) is 6.63. The van der Waals surface area contributed by atoms with Crippen molar-refractivity contribution >= 4 is 29.9 Å². The molecule has 0 aliphatic heterocycles. The minimum atomic E-state index is 0. The van der Waals surface area contributed by atoms with Crippen LogP contribution in [-0.4, -0.2) is 26.7 Å². The van der Waals surface area contributed by atoms with E-state index in [0.717, 1.165) is 35.1 Å². The number of guanidine groups is 1. The maximum Gasteiger partial charge on any atom is 0.191 e. The average molecular weight is 469 g/mol. The zero-order valence-electron chi connectivity index (χ0n) is 15.8.